The van der Waals surface area contributed by atoms with Crippen molar-refractivity contribution in [3.8, 4) is 0 Å². The number of ketones is 1. The molecule has 102 valence electrons. The van der Waals surface area contributed by atoms with E-state index in [1.54, 1.807) is 12.1 Å². The van der Waals surface area contributed by atoms with E-state index in [1.807, 2.05) is 24.3 Å². The van der Waals surface area contributed by atoms with E-state index in [0.29, 0.717) is 24.0 Å². The van der Waals surface area contributed by atoms with E-state index in [4.69, 9.17) is 0 Å². The lowest BCUT2D eigenvalue weighted by atomic mass is 10.00. The van der Waals surface area contributed by atoms with Crippen molar-refractivity contribution in [3.05, 3.63) is 63.9 Å². The maximum atomic E-state index is 13.3. The van der Waals surface area contributed by atoms with Crippen molar-refractivity contribution in [3.63, 3.8) is 0 Å². The van der Waals surface area contributed by atoms with Gasteiger partial charge in [-0.05, 0) is 45.8 Å². The smallest absolute Gasteiger partial charge is 0.166 e. The lowest BCUT2D eigenvalue weighted by Gasteiger charge is -2.30. The molecule has 0 spiro atoms. The SMILES string of the molecule is O=C1CCN(Cc2ccc(F)c(Br)c2)c2ccccc21. The zero-order valence-corrected chi connectivity index (χ0v) is 12.4. The Hall–Kier alpha value is -1.68. The standard InChI is InChI=1S/C16H13BrFNO/c17-13-9-11(5-6-14(13)18)10-19-8-7-16(20)12-3-1-2-4-15(12)19/h1-6,9H,7-8,10H2. The van der Waals surface area contributed by atoms with E-state index >= 15 is 0 Å². The Balaban J connectivity index is 1.90. The molecule has 2 aromatic rings. The summed E-state index contributed by atoms with van der Waals surface area (Å²) in [5, 5.41) is 0. The van der Waals surface area contributed by atoms with E-state index in [0.717, 1.165) is 16.8 Å². The van der Waals surface area contributed by atoms with Crippen molar-refractivity contribution in [2.45, 2.75) is 13.0 Å². The number of benzene rings is 2. The highest BCUT2D eigenvalue weighted by Gasteiger charge is 2.22. The predicted octanol–water partition coefficient (Wildman–Crippen LogP) is 4.18. The van der Waals surface area contributed by atoms with Gasteiger partial charge in [0.2, 0.25) is 0 Å². The van der Waals surface area contributed by atoms with Gasteiger partial charge in [0.1, 0.15) is 5.82 Å². The Kier molecular flexibility index (Phi) is 3.57. The number of hydrogen-bond donors (Lipinski definition) is 0. The molecule has 1 heterocycles. The molecule has 2 aromatic carbocycles. The van der Waals surface area contributed by atoms with Crippen LogP contribution in [0.2, 0.25) is 0 Å². The largest absolute Gasteiger partial charge is 0.366 e. The van der Waals surface area contributed by atoms with Crippen molar-refractivity contribution < 1.29 is 9.18 Å². The summed E-state index contributed by atoms with van der Waals surface area (Å²) in [4.78, 5) is 14.1. The Bertz CT molecular complexity index is 671. The lowest BCUT2D eigenvalue weighted by Crippen LogP contribution is -2.31. The van der Waals surface area contributed by atoms with Crippen LogP contribution in [-0.4, -0.2) is 12.3 Å². The lowest BCUT2D eigenvalue weighted by molar-refractivity contribution is 0.0979. The minimum Gasteiger partial charge on any atom is -0.366 e. The first kappa shape index (κ1) is 13.3. The summed E-state index contributed by atoms with van der Waals surface area (Å²) in [6.07, 6.45) is 0.527. The number of carbonyl (C=O) groups is 1. The molecule has 20 heavy (non-hydrogen) atoms. The first-order chi connectivity index (χ1) is 9.65. The van der Waals surface area contributed by atoms with Gasteiger partial charge in [0.05, 0.1) is 4.47 Å². The molecule has 0 saturated heterocycles. The van der Waals surface area contributed by atoms with Crippen molar-refractivity contribution in [1.29, 1.82) is 0 Å². The van der Waals surface area contributed by atoms with Gasteiger partial charge in [0.15, 0.2) is 5.78 Å². The Morgan fingerprint density at radius 1 is 1.20 bits per heavy atom. The number of carbonyl (C=O) groups excluding carboxylic acids is 1. The van der Waals surface area contributed by atoms with Gasteiger partial charge in [-0.2, -0.15) is 0 Å². The Morgan fingerprint density at radius 2 is 2.00 bits per heavy atom. The number of nitrogens with zero attached hydrogens (tertiary/aromatic N) is 1. The number of para-hydroxylation sites is 1. The number of hydrogen-bond acceptors (Lipinski definition) is 2. The van der Waals surface area contributed by atoms with E-state index < -0.39 is 0 Å². The van der Waals surface area contributed by atoms with Crippen LogP contribution < -0.4 is 4.90 Å². The summed E-state index contributed by atoms with van der Waals surface area (Å²) in [5.74, 6) is -0.0693. The van der Waals surface area contributed by atoms with Gasteiger partial charge in [-0.1, -0.05) is 18.2 Å². The van der Waals surface area contributed by atoms with E-state index in [1.165, 1.54) is 6.07 Å². The van der Waals surface area contributed by atoms with Gasteiger partial charge in [-0.15, -0.1) is 0 Å². The zero-order chi connectivity index (χ0) is 14.1. The fourth-order valence-electron chi connectivity index (χ4n) is 2.50. The maximum Gasteiger partial charge on any atom is 0.166 e. The maximum absolute atomic E-state index is 13.3. The molecular formula is C16H13BrFNO. The minimum atomic E-state index is -0.261. The zero-order valence-electron chi connectivity index (χ0n) is 10.8. The van der Waals surface area contributed by atoms with Gasteiger partial charge in [0.25, 0.3) is 0 Å². The third kappa shape index (κ3) is 2.48. The third-order valence-corrected chi connectivity index (χ3v) is 4.12. The molecule has 0 saturated carbocycles. The van der Waals surface area contributed by atoms with Crippen LogP contribution in [-0.2, 0) is 6.54 Å². The van der Waals surface area contributed by atoms with Crippen LogP contribution in [0.15, 0.2) is 46.9 Å². The first-order valence-electron chi connectivity index (χ1n) is 6.46. The molecule has 1 aliphatic rings. The molecule has 0 aliphatic carbocycles. The normalized spacial score (nSPS) is 14.3. The summed E-state index contributed by atoms with van der Waals surface area (Å²) in [7, 11) is 0. The Morgan fingerprint density at radius 3 is 2.80 bits per heavy atom. The minimum absolute atomic E-state index is 0.192. The van der Waals surface area contributed by atoms with Crippen LogP contribution in [0.4, 0.5) is 10.1 Å². The van der Waals surface area contributed by atoms with Crippen molar-refractivity contribution in [2.75, 3.05) is 11.4 Å². The molecule has 0 aromatic heterocycles. The van der Waals surface area contributed by atoms with Gasteiger partial charge in [-0.3, -0.25) is 4.79 Å². The Labute approximate surface area is 125 Å². The molecule has 0 atom stereocenters. The highest BCUT2D eigenvalue weighted by atomic mass is 79.9. The summed E-state index contributed by atoms with van der Waals surface area (Å²) in [6.45, 7) is 1.37. The summed E-state index contributed by atoms with van der Waals surface area (Å²) < 4.78 is 13.7. The highest BCUT2D eigenvalue weighted by Crippen LogP contribution is 2.28. The van der Waals surface area contributed by atoms with Crippen LogP contribution >= 0.6 is 15.9 Å². The molecule has 2 nitrogen and oxygen atoms in total. The van der Waals surface area contributed by atoms with Crippen molar-refractivity contribution >= 4 is 27.4 Å². The van der Waals surface area contributed by atoms with E-state index in [-0.39, 0.29) is 11.6 Å². The molecule has 0 N–H and O–H groups in total. The second-order valence-corrected chi connectivity index (χ2v) is 5.71. The molecule has 0 radical (unpaired) electrons. The van der Waals surface area contributed by atoms with Crippen LogP contribution in [0.3, 0.4) is 0 Å². The van der Waals surface area contributed by atoms with Gasteiger partial charge in [0, 0.05) is 30.8 Å². The molecule has 1 aliphatic heterocycles. The number of Topliss-reactive ketones (excluding diaryl/α,β-unsaturated/α-hetero) is 1. The molecule has 0 fully saturated rings. The quantitative estimate of drug-likeness (QED) is 0.821. The summed E-state index contributed by atoms with van der Waals surface area (Å²) in [6, 6.07) is 12.7. The van der Waals surface area contributed by atoms with Crippen molar-refractivity contribution in [1.82, 2.24) is 0 Å². The van der Waals surface area contributed by atoms with E-state index in [2.05, 4.69) is 20.8 Å². The number of halogens is 2. The molecule has 0 bridgehead atoms. The highest BCUT2D eigenvalue weighted by molar-refractivity contribution is 9.10. The number of anilines is 1. The van der Waals surface area contributed by atoms with Crippen molar-refractivity contribution in [2.24, 2.45) is 0 Å². The third-order valence-electron chi connectivity index (χ3n) is 3.51. The average Bonchev–Trinajstić information content (AvgIpc) is 2.46. The second-order valence-electron chi connectivity index (χ2n) is 4.86. The molecular weight excluding hydrogens is 321 g/mol. The van der Waals surface area contributed by atoms with Gasteiger partial charge < -0.3 is 4.90 Å². The van der Waals surface area contributed by atoms with Crippen LogP contribution in [0.1, 0.15) is 22.3 Å². The first-order valence-corrected chi connectivity index (χ1v) is 7.25. The number of rotatable bonds is 2. The summed E-state index contributed by atoms with van der Waals surface area (Å²) in [5.41, 5.74) is 2.76. The fourth-order valence-corrected chi connectivity index (χ4v) is 2.93. The summed E-state index contributed by atoms with van der Waals surface area (Å²) >= 11 is 3.20. The van der Waals surface area contributed by atoms with Gasteiger partial charge in [-0.25, -0.2) is 4.39 Å². The monoisotopic (exact) mass is 333 g/mol. The van der Waals surface area contributed by atoms with Crippen LogP contribution in [0.5, 0.6) is 0 Å². The van der Waals surface area contributed by atoms with E-state index in [9.17, 15) is 9.18 Å². The predicted molar refractivity (Wildman–Crippen MR) is 80.5 cm³/mol. The molecule has 4 heteroatoms. The van der Waals surface area contributed by atoms with Gasteiger partial charge >= 0.3 is 0 Å². The molecule has 0 amide bonds. The second kappa shape index (κ2) is 5.37. The molecule has 0 unspecified atom stereocenters. The van der Waals surface area contributed by atoms with Crippen LogP contribution in [0.25, 0.3) is 0 Å². The number of fused-ring (bicyclic) bond motifs is 1. The topological polar surface area (TPSA) is 20.3 Å². The average molecular weight is 334 g/mol. The molecule has 3 rings (SSSR count). The van der Waals surface area contributed by atoms with Crippen LogP contribution in [0, 0.1) is 5.82 Å². The fraction of sp³-hybridized carbons (Fsp3) is 0.188.